The third kappa shape index (κ3) is 10.7. The number of rotatable bonds is 12. The smallest absolute Gasteiger partial charge is 0.193 e. The molecule has 5 nitrogen and oxygen atoms in total. The first kappa shape index (κ1) is 24.7. The lowest BCUT2D eigenvalue weighted by Crippen LogP contribution is -2.39. The molecule has 0 radical (unpaired) electrons. The minimum atomic E-state index is 0. The predicted octanol–water partition coefficient (Wildman–Crippen LogP) is 4.08. The minimum Gasteiger partial charge on any atom is -0.493 e. The van der Waals surface area contributed by atoms with E-state index < -0.39 is 0 Å². The van der Waals surface area contributed by atoms with E-state index in [0.717, 1.165) is 49.6 Å². The molecule has 1 aromatic carbocycles. The molecule has 1 aromatic rings. The average molecular weight is 475 g/mol. The molecule has 0 aliphatic rings. The van der Waals surface area contributed by atoms with Crippen LogP contribution in [0.1, 0.15) is 31.7 Å². The molecule has 0 heterocycles. The number of nitrogens with one attached hydrogen (secondary N) is 1. The maximum Gasteiger partial charge on any atom is 0.193 e. The summed E-state index contributed by atoms with van der Waals surface area (Å²) in [6, 6.07) is 8.12. The van der Waals surface area contributed by atoms with E-state index in [0.29, 0.717) is 19.8 Å². The second-order valence-corrected chi connectivity index (χ2v) is 5.86. The van der Waals surface area contributed by atoms with Crippen molar-refractivity contribution < 1.29 is 9.47 Å². The molecule has 0 saturated carbocycles. The van der Waals surface area contributed by atoms with Crippen LogP contribution in [0.25, 0.3) is 0 Å². The summed E-state index contributed by atoms with van der Waals surface area (Å²) < 4.78 is 10.8. The summed E-state index contributed by atoms with van der Waals surface area (Å²) in [5.41, 5.74) is 1.14. The number of hydrogen-bond donors (Lipinski definition) is 1. The van der Waals surface area contributed by atoms with E-state index in [1.807, 2.05) is 18.2 Å². The Kier molecular flexibility index (Phi) is 15.2. The number of nitrogens with zero attached hydrogens (tertiary/aromatic N) is 2. The van der Waals surface area contributed by atoms with Crippen LogP contribution in [-0.4, -0.2) is 51.3 Å². The SMILES string of the molecule is C=CCCCN(C)C(=NCc1cccc(OCCCOC)c1)NCC.I. The molecule has 0 fully saturated rings. The van der Waals surface area contributed by atoms with Gasteiger partial charge in [0.15, 0.2) is 5.96 Å². The van der Waals surface area contributed by atoms with Crippen LogP contribution in [-0.2, 0) is 11.3 Å². The average Bonchev–Trinajstić information content (AvgIpc) is 2.63. The number of ether oxygens (including phenoxy) is 2. The number of hydrogen-bond acceptors (Lipinski definition) is 3. The van der Waals surface area contributed by atoms with Gasteiger partial charge in [0.2, 0.25) is 0 Å². The van der Waals surface area contributed by atoms with Crippen LogP contribution in [0.3, 0.4) is 0 Å². The Labute approximate surface area is 175 Å². The van der Waals surface area contributed by atoms with Crippen molar-refractivity contribution in [2.24, 2.45) is 4.99 Å². The molecule has 148 valence electrons. The minimum absolute atomic E-state index is 0. The van der Waals surface area contributed by atoms with E-state index in [1.54, 1.807) is 7.11 Å². The lowest BCUT2D eigenvalue weighted by atomic mass is 10.2. The third-order valence-electron chi connectivity index (χ3n) is 3.67. The molecule has 0 unspecified atom stereocenters. The van der Waals surface area contributed by atoms with Crippen molar-refractivity contribution in [2.45, 2.75) is 32.7 Å². The summed E-state index contributed by atoms with van der Waals surface area (Å²) in [7, 11) is 3.77. The van der Waals surface area contributed by atoms with Gasteiger partial charge in [0, 0.05) is 40.3 Å². The topological polar surface area (TPSA) is 46.1 Å². The van der Waals surface area contributed by atoms with Crippen LogP contribution in [0, 0.1) is 0 Å². The zero-order chi connectivity index (χ0) is 18.3. The van der Waals surface area contributed by atoms with Crippen molar-refractivity contribution in [1.29, 1.82) is 0 Å². The highest BCUT2D eigenvalue weighted by Crippen LogP contribution is 2.14. The Morgan fingerprint density at radius 3 is 2.81 bits per heavy atom. The molecule has 0 saturated heterocycles. The molecule has 0 spiro atoms. The van der Waals surface area contributed by atoms with E-state index >= 15 is 0 Å². The highest BCUT2D eigenvalue weighted by molar-refractivity contribution is 14.0. The van der Waals surface area contributed by atoms with Gasteiger partial charge >= 0.3 is 0 Å². The second kappa shape index (κ2) is 15.9. The summed E-state index contributed by atoms with van der Waals surface area (Å²) in [6.07, 6.45) is 4.94. The highest BCUT2D eigenvalue weighted by atomic mass is 127. The molecular formula is C20H34IN3O2. The van der Waals surface area contributed by atoms with Crippen molar-refractivity contribution in [1.82, 2.24) is 10.2 Å². The molecule has 6 heteroatoms. The lowest BCUT2D eigenvalue weighted by Gasteiger charge is -2.21. The lowest BCUT2D eigenvalue weighted by molar-refractivity contribution is 0.172. The second-order valence-electron chi connectivity index (χ2n) is 5.86. The maximum absolute atomic E-state index is 5.75. The summed E-state index contributed by atoms with van der Waals surface area (Å²) in [4.78, 5) is 6.91. The summed E-state index contributed by atoms with van der Waals surface area (Å²) in [5.74, 6) is 1.81. The quantitative estimate of drug-likeness (QED) is 0.163. The fraction of sp³-hybridized carbons (Fsp3) is 0.550. The number of unbranched alkanes of at least 4 members (excludes halogenated alkanes) is 1. The number of benzene rings is 1. The van der Waals surface area contributed by atoms with Crippen molar-refractivity contribution in [3.05, 3.63) is 42.5 Å². The largest absolute Gasteiger partial charge is 0.493 e. The standard InChI is InChI=1S/C20H33N3O2.HI/c1-5-7-8-13-23(3)20(21-6-2)22-17-18-11-9-12-19(16-18)25-15-10-14-24-4;/h5,9,11-12,16H,1,6-8,10,13-15,17H2,2-4H3,(H,21,22);1H. The molecule has 1 N–H and O–H groups in total. The Morgan fingerprint density at radius 1 is 1.31 bits per heavy atom. The summed E-state index contributed by atoms with van der Waals surface area (Å²) >= 11 is 0. The van der Waals surface area contributed by atoms with Crippen LogP contribution in [0.2, 0.25) is 0 Å². The van der Waals surface area contributed by atoms with Gasteiger partial charge in [-0.05, 0) is 37.5 Å². The van der Waals surface area contributed by atoms with Crippen LogP contribution in [0.4, 0.5) is 0 Å². The molecule has 0 aliphatic carbocycles. The van der Waals surface area contributed by atoms with Gasteiger partial charge in [-0.2, -0.15) is 0 Å². The summed E-state index contributed by atoms with van der Waals surface area (Å²) in [6.45, 7) is 9.68. The van der Waals surface area contributed by atoms with Crippen molar-refractivity contribution in [3.8, 4) is 5.75 Å². The van der Waals surface area contributed by atoms with Gasteiger partial charge in [-0.3, -0.25) is 0 Å². The Bertz CT molecular complexity index is 524. The van der Waals surface area contributed by atoms with E-state index in [-0.39, 0.29) is 24.0 Å². The van der Waals surface area contributed by atoms with Crippen LogP contribution in [0.5, 0.6) is 5.75 Å². The van der Waals surface area contributed by atoms with E-state index in [2.05, 4.69) is 42.9 Å². The van der Waals surface area contributed by atoms with Gasteiger partial charge in [-0.25, -0.2) is 4.99 Å². The van der Waals surface area contributed by atoms with E-state index in [1.165, 1.54) is 0 Å². The monoisotopic (exact) mass is 475 g/mol. The fourth-order valence-corrected chi connectivity index (χ4v) is 2.34. The molecule has 0 bridgehead atoms. The van der Waals surface area contributed by atoms with Crippen LogP contribution >= 0.6 is 24.0 Å². The van der Waals surface area contributed by atoms with Crippen molar-refractivity contribution in [3.63, 3.8) is 0 Å². The fourth-order valence-electron chi connectivity index (χ4n) is 2.34. The zero-order valence-corrected chi connectivity index (χ0v) is 18.7. The first-order valence-electron chi connectivity index (χ1n) is 9.02. The van der Waals surface area contributed by atoms with Crippen molar-refractivity contribution in [2.75, 3.05) is 40.5 Å². The molecule has 0 amide bonds. The number of methoxy groups -OCH3 is 1. The van der Waals surface area contributed by atoms with Gasteiger partial charge in [0.05, 0.1) is 13.2 Å². The number of guanidine groups is 1. The molecule has 1 rings (SSSR count). The number of aliphatic imine (C=N–C) groups is 1. The van der Waals surface area contributed by atoms with Gasteiger partial charge in [-0.15, -0.1) is 30.6 Å². The van der Waals surface area contributed by atoms with E-state index in [4.69, 9.17) is 14.5 Å². The molecule has 0 atom stereocenters. The number of halogens is 1. The Hall–Kier alpha value is -1.28. The third-order valence-corrected chi connectivity index (χ3v) is 3.67. The first-order chi connectivity index (χ1) is 12.2. The zero-order valence-electron chi connectivity index (χ0n) is 16.4. The summed E-state index contributed by atoms with van der Waals surface area (Å²) in [5, 5.41) is 3.35. The van der Waals surface area contributed by atoms with Gasteiger partial charge in [0.25, 0.3) is 0 Å². The van der Waals surface area contributed by atoms with Gasteiger partial charge < -0.3 is 19.7 Å². The van der Waals surface area contributed by atoms with Gasteiger partial charge in [0.1, 0.15) is 5.75 Å². The predicted molar refractivity (Wildman–Crippen MR) is 121 cm³/mol. The van der Waals surface area contributed by atoms with Crippen molar-refractivity contribution >= 4 is 29.9 Å². The van der Waals surface area contributed by atoms with Gasteiger partial charge in [-0.1, -0.05) is 18.2 Å². The molecular weight excluding hydrogens is 441 g/mol. The first-order valence-corrected chi connectivity index (χ1v) is 9.02. The molecule has 0 aliphatic heterocycles. The Morgan fingerprint density at radius 2 is 2.12 bits per heavy atom. The van der Waals surface area contributed by atoms with Crippen LogP contribution in [0.15, 0.2) is 41.9 Å². The normalized spacial score (nSPS) is 10.8. The molecule has 26 heavy (non-hydrogen) atoms. The number of allylic oxidation sites excluding steroid dienone is 1. The van der Waals surface area contributed by atoms with Crippen LogP contribution < -0.4 is 10.1 Å². The molecule has 0 aromatic heterocycles. The van der Waals surface area contributed by atoms with E-state index in [9.17, 15) is 0 Å². The highest BCUT2D eigenvalue weighted by Gasteiger charge is 2.05. The Balaban J connectivity index is 0.00000625. The maximum atomic E-state index is 5.75.